The van der Waals surface area contributed by atoms with E-state index in [2.05, 4.69) is 17.4 Å². The Hall–Kier alpha value is -2.76. The van der Waals surface area contributed by atoms with Crippen LogP contribution in [0.4, 0.5) is 0 Å². The quantitative estimate of drug-likeness (QED) is 0.764. The van der Waals surface area contributed by atoms with Gasteiger partial charge in [-0.05, 0) is 45.6 Å². The topological polar surface area (TPSA) is 75.2 Å². The van der Waals surface area contributed by atoms with Crippen LogP contribution in [0, 0.1) is 13.8 Å². The molecule has 1 atom stereocenters. The summed E-state index contributed by atoms with van der Waals surface area (Å²) < 4.78 is 0. The van der Waals surface area contributed by atoms with E-state index in [4.69, 9.17) is 9.97 Å². The molecule has 30 heavy (non-hydrogen) atoms. The van der Waals surface area contributed by atoms with E-state index in [0.717, 1.165) is 48.6 Å². The summed E-state index contributed by atoms with van der Waals surface area (Å²) in [6.07, 6.45) is 3.55. The fourth-order valence-electron chi connectivity index (χ4n) is 4.09. The lowest BCUT2D eigenvalue weighted by Crippen LogP contribution is -2.39. The number of carbonyl (C=O) groups is 2. The van der Waals surface area contributed by atoms with Crippen LogP contribution in [0.3, 0.4) is 0 Å². The normalized spacial score (nSPS) is 16.4. The van der Waals surface area contributed by atoms with Gasteiger partial charge in [-0.2, -0.15) is 0 Å². The molecule has 3 rings (SSSR count). The van der Waals surface area contributed by atoms with Gasteiger partial charge in [0.15, 0.2) is 0 Å². The molecular formula is C24H32N4O2. The van der Waals surface area contributed by atoms with E-state index >= 15 is 0 Å². The van der Waals surface area contributed by atoms with E-state index in [1.165, 1.54) is 5.56 Å². The number of benzene rings is 1. The third-order valence-electron chi connectivity index (χ3n) is 5.76. The van der Waals surface area contributed by atoms with Crippen LogP contribution in [0.2, 0.25) is 0 Å². The third-order valence-corrected chi connectivity index (χ3v) is 5.76. The molecule has 6 heteroatoms. The highest BCUT2D eigenvalue weighted by Crippen LogP contribution is 2.26. The molecule has 0 spiro atoms. The molecule has 1 aromatic carbocycles. The number of amides is 2. The summed E-state index contributed by atoms with van der Waals surface area (Å²) in [6, 6.07) is 10.1. The fraction of sp³-hybridized carbons (Fsp3) is 0.500. The van der Waals surface area contributed by atoms with Crippen molar-refractivity contribution in [2.24, 2.45) is 0 Å². The summed E-state index contributed by atoms with van der Waals surface area (Å²) in [4.78, 5) is 36.2. The van der Waals surface area contributed by atoms with E-state index in [1.807, 2.05) is 43.9 Å². The van der Waals surface area contributed by atoms with Crippen LogP contribution in [0.15, 0.2) is 30.3 Å². The number of carbonyl (C=O) groups excluding carboxylic acids is 2. The highest BCUT2D eigenvalue weighted by Gasteiger charge is 2.27. The number of rotatable bonds is 7. The van der Waals surface area contributed by atoms with Gasteiger partial charge in [-0.25, -0.2) is 9.97 Å². The number of hydrogen-bond donors (Lipinski definition) is 1. The van der Waals surface area contributed by atoms with Gasteiger partial charge in [-0.15, -0.1) is 0 Å². The monoisotopic (exact) mass is 408 g/mol. The second kappa shape index (κ2) is 10.3. The van der Waals surface area contributed by atoms with Gasteiger partial charge in [-0.3, -0.25) is 9.59 Å². The Bertz CT molecular complexity index is 859. The van der Waals surface area contributed by atoms with E-state index in [0.29, 0.717) is 25.9 Å². The Morgan fingerprint density at radius 3 is 2.50 bits per heavy atom. The lowest BCUT2D eigenvalue weighted by molar-refractivity contribution is -0.132. The molecule has 0 radical (unpaired) electrons. The molecule has 1 fully saturated rings. The average Bonchev–Trinajstić information content (AvgIpc) is 2.75. The van der Waals surface area contributed by atoms with Crippen LogP contribution in [-0.4, -0.2) is 46.3 Å². The van der Waals surface area contributed by atoms with Gasteiger partial charge in [0.25, 0.3) is 0 Å². The summed E-state index contributed by atoms with van der Waals surface area (Å²) >= 11 is 0. The standard InChI is InChI=1S/C24H32N4O2/c1-4-25-22(29)15-21-17(2)26-24(27-18(21)3)20-11-8-14-28(16-20)23(30)13-12-19-9-6-5-7-10-19/h5-7,9-10,20H,4,8,11-16H2,1-3H3,(H,25,29)/t20-/m1/s1. The van der Waals surface area contributed by atoms with Crippen molar-refractivity contribution in [3.05, 3.63) is 58.7 Å². The minimum absolute atomic E-state index is 0.00657. The number of likely N-dealkylation sites (tertiary alicyclic amines) is 1. The summed E-state index contributed by atoms with van der Waals surface area (Å²) in [5.41, 5.74) is 3.81. The van der Waals surface area contributed by atoms with Crippen molar-refractivity contribution >= 4 is 11.8 Å². The second-order valence-electron chi connectivity index (χ2n) is 8.03. The zero-order valence-corrected chi connectivity index (χ0v) is 18.3. The minimum Gasteiger partial charge on any atom is -0.356 e. The second-order valence-corrected chi connectivity index (χ2v) is 8.03. The van der Waals surface area contributed by atoms with Crippen LogP contribution in [0.25, 0.3) is 0 Å². The van der Waals surface area contributed by atoms with Gasteiger partial charge in [-0.1, -0.05) is 30.3 Å². The van der Waals surface area contributed by atoms with Crippen molar-refractivity contribution in [2.75, 3.05) is 19.6 Å². The van der Waals surface area contributed by atoms with Gasteiger partial charge < -0.3 is 10.2 Å². The molecule has 1 N–H and O–H groups in total. The molecule has 0 bridgehead atoms. The highest BCUT2D eigenvalue weighted by atomic mass is 16.2. The van der Waals surface area contributed by atoms with E-state index in [9.17, 15) is 9.59 Å². The molecule has 6 nitrogen and oxygen atoms in total. The van der Waals surface area contributed by atoms with Gasteiger partial charge >= 0.3 is 0 Å². The number of nitrogens with one attached hydrogen (secondary N) is 1. The minimum atomic E-state index is -0.00657. The van der Waals surface area contributed by atoms with Gasteiger partial charge in [0.1, 0.15) is 5.82 Å². The van der Waals surface area contributed by atoms with Crippen LogP contribution in [0.5, 0.6) is 0 Å². The first-order valence-electron chi connectivity index (χ1n) is 10.9. The molecule has 0 saturated carbocycles. The lowest BCUT2D eigenvalue weighted by Gasteiger charge is -2.32. The average molecular weight is 409 g/mol. The van der Waals surface area contributed by atoms with Crippen LogP contribution in [-0.2, 0) is 22.4 Å². The molecule has 160 valence electrons. The Morgan fingerprint density at radius 2 is 1.83 bits per heavy atom. The smallest absolute Gasteiger partial charge is 0.224 e. The number of piperidine rings is 1. The summed E-state index contributed by atoms with van der Waals surface area (Å²) in [5.74, 6) is 1.14. The van der Waals surface area contributed by atoms with Crippen molar-refractivity contribution in [1.29, 1.82) is 0 Å². The zero-order chi connectivity index (χ0) is 21.5. The molecular weight excluding hydrogens is 376 g/mol. The maximum absolute atomic E-state index is 12.8. The highest BCUT2D eigenvalue weighted by molar-refractivity contribution is 5.79. The Labute approximate surface area is 179 Å². The van der Waals surface area contributed by atoms with Crippen molar-refractivity contribution < 1.29 is 9.59 Å². The Balaban J connectivity index is 1.64. The first-order chi connectivity index (χ1) is 14.5. The summed E-state index contributed by atoms with van der Waals surface area (Å²) in [6.45, 7) is 7.88. The largest absolute Gasteiger partial charge is 0.356 e. The first kappa shape index (κ1) is 21.9. The number of likely N-dealkylation sites (N-methyl/N-ethyl adjacent to an activating group) is 1. The van der Waals surface area contributed by atoms with Crippen molar-refractivity contribution in [1.82, 2.24) is 20.2 Å². The third kappa shape index (κ3) is 5.65. The molecule has 2 heterocycles. The molecule has 1 saturated heterocycles. The maximum Gasteiger partial charge on any atom is 0.224 e. The SMILES string of the molecule is CCNC(=O)Cc1c(C)nc([C@@H]2CCCN(C(=O)CCc3ccccc3)C2)nc1C. The molecule has 2 amide bonds. The van der Waals surface area contributed by atoms with Gasteiger partial charge in [0.2, 0.25) is 11.8 Å². The predicted molar refractivity (Wildman–Crippen MR) is 117 cm³/mol. The van der Waals surface area contributed by atoms with E-state index in [-0.39, 0.29) is 17.7 Å². The van der Waals surface area contributed by atoms with Crippen molar-refractivity contribution in [3.8, 4) is 0 Å². The summed E-state index contributed by atoms with van der Waals surface area (Å²) in [5, 5.41) is 2.83. The zero-order valence-electron chi connectivity index (χ0n) is 18.3. The fourth-order valence-corrected chi connectivity index (χ4v) is 4.09. The van der Waals surface area contributed by atoms with Crippen LogP contribution < -0.4 is 5.32 Å². The van der Waals surface area contributed by atoms with Crippen LogP contribution in [0.1, 0.15) is 60.4 Å². The maximum atomic E-state index is 12.8. The number of hydrogen-bond acceptors (Lipinski definition) is 4. The van der Waals surface area contributed by atoms with Gasteiger partial charge in [0, 0.05) is 48.9 Å². The first-order valence-corrected chi connectivity index (χ1v) is 10.9. The lowest BCUT2D eigenvalue weighted by atomic mass is 9.95. The van der Waals surface area contributed by atoms with E-state index < -0.39 is 0 Å². The summed E-state index contributed by atoms with van der Waals surface area (Å²) in [7, 11) is 0. The van der Waals surface area contributed by atoms with E-state index in [1.54, 1.807) is 0 Å². The predicted octanol–water partition coefficient (Wildman–Crippen LogP) is 3.11. The molecule has 1 aliphatic rings. The van der Waals surface area contributed by atoms with Crippen molar-refractivity contribution in [2.45, 2.75) is 58.8 Å². The molecule has 1 aliphatic heterocycles. The molecule has 2 aromatic rings. The molecule has 0 unspecified atom stereocenters. The Kier molecular flexibility index (Phi) is 7.55. The van der Waals surface area contributed by atoms with Crippen LogP contribution >= 0.6 is 0 Å². The molecule has 1 aromatic heterocycles. The van der Waals surface area contributed by atoms with Gasteiger partial charge in [0.05, 0.1) is 6.42 Å². The number of aryl methyl sites for hydroxylation is 3. The van der Waals surface area contributed by atoms with Crippen molar-refractivity contribution in [3.63, 3.8) is 0 Å². The molecule has 0 aliphatic carbocycles. The number of aromatic nitrogens is 2. The number of nitrogens with zero attached hydrogens (tertiary/aromatic N) is 3. The Morgan fingerprint density at radius 1 is 1.13 bits per heavy atom.